The number of hydrogen-bond donors (Lipinski definition) is 3. The third kappa shape index (κ3) is 3.90. The van der Waals surface area contributed by atoms with Gasteiger partial charge in [-0.3, -0.25) is 4.72 Å². The molecule has 0 fully saturated rings. The smallest absolute Gasteiger partial charge is 0.416 e. The second-order valence-electron chi connectivity index (χ2n) is 5.22. The number of anilines is 1. The summed E-state index contributed by atoms with van der Waals surface area (Å²) in [5, 5.41) is 8.88. The molecule has 6 nitrogen and oxygen atoms in total. The van der Waals surface area contributed by atoms with Gasteiger partial charge in [0, 0.05) is 16.4 Å². The van der Waals surface area contributed by atoms with Crippen molar-refractivity contribution in [2.45, 2.75) is 24.9 Å². The van der Waals surface area contributed by atoms with E-state index >= 15 is 0 Å². The number of halogens is 4. The molecule has 1 heterocycles. The molecular formula is C14H12ClF3N2O4S. The van der Waals surface area contributed by atoms with Crippen molar-refractivity contribution in [3.8, 4) is 0 Å². The Bertz CT molecular complexity index is 952. The summed E-state index contributed by atoms with van der Waals surface area (Å²) in [5.74, 6) is -1.48. The van der Waals surface area contributed by atoms with Crippen molar-refractivity contribution >= 4 is 33.3 Å². The zero-order valence-corrected chi connectivity index (χ0v) is 14.4. The summed E-state index contributed by atoms with van der Waals surface area (Å²) < 4.78 is 65.4. The quantitative estimate of drug-likeness (QED) is 0.731. The van der Waals surface area contributed by atoms with Crippen LogP contribution in [0.25, 0.3) is 0 Å². The fourth-order valence-electron chi connectivity index (χ4n) is 2.37. The zero-order chi connectivity index (χ0) is 19.2. The van der Waals surface area contributed by atoms with Crippen LogP contribution >= 0.6 is 11.6 Å². The molecule has 1 aromatic carbocycles. The monoisotopic (exact) mass is 396 g/mol. The SMILES string of the molecule is Cc1[nH]c(C)c(S(=O)(=O)Nc2cc(Cl)cc(C(F)(F)F)c2)c1C(=O)O. The predicted molar refractivity (Wildman–Crippen MR) is 84.5 cm³/mol. The van der Waals surface area contributed by atoms with Crippen molar-refractivity contribution < 1.29 is 31.5 Å². The maximum atomic E-state index is 12.8. The van der Waals surface area contributed by atoms with Gasteiger partial charge < -0.3 is 10.1 Å². The van der Waals surface area contributed by atoms with E-state index in [2.05, 4.69) is 4.98 Å². The first kappa shape index (κ1) is 19.1. The highest BCUT2D eigenvalue weighted by Gasteiger charge is 2.33. The van der Waals surface area contributed by atoms with Crippen LogP contribution in [0.2, 0.25) is 5.02 Å². The lowest BCUT2D eigenvalue weighted by molar-refractivity contribution is -0.137. The molecule has 0 saturated carbocycles. The number of H-pyrrole nitrogens is 1. The number of aromatic amines is 1. The summed E-state index contributed by atoms with van der Waals surface area (Å²) in [6, 6.07) is 2.20. The molecule has 2 aromatic rings. The molecule has 3 N–H and O–H groups in total. The Labute approximate surface area is 145 Å². The van der Waals surface area contributed by atoms with E-state index in [-0.39, 0.29) is 16.4 Å². The number of aromatic nitrogens is 1. The zero-order valence-electron chi connectivity index (χ0n) is 12.8. The van der Waals surface area contributed by atoms with Crippen LogP contribution in [0.5, 0.6) is 0 Å². The fourth-order valence-corrected chi connectivity index (χ4v) is 4.10. The van der Waals surface area contributed by atoms with Crippen molar-refractivity contribution in [2.75, 3.05) is 4.72 Å². The lowest BCUT2D eigenvalue weighted by atomic mass is 10.2. The van der Waals surface area contributed by atoms with Crippen molar-refractivity contribution in [3.63, 3.8) is 0 Å². The van der Waals surface area contributed by atoms with Crippen LogP contribution < -0.4 is 4.72 Å². The standard InChI is InChI=1S/C14H12ClF3N2O4S/c1-6-11(13(21)22)12(7(2)19-6)25(23,24)20-10-4-8(14(16,17)18)3-9(15)5-10/h3-5,19-20H,1-2H3,(H,21,22). The van der Waals surface area contributed by atoms with Gasteiger partial charge in [0.1, 0.15) is 10.5 Å². The van der Waals surface area contributed by atoms with Gasteiger partial charge in [0.25, 0.3) is 10.0 Å². The first-order valence-corrected chi connectivity index (χ1v) is 8.52. The van der Waals surface area contributed by atoms with E-state index in [9.17, 15) is 31.5 Å². The Kier molecular flexibility index (Phi) is 4.79. The van der Waals surface area contributed by atoms with Crippen LogP contribution in [0.4, 0.5) is 18.9 Å². The van der Waals surface area contributed by atoms with Gasteiger partial charge in [0.15, 0.2) is 0 Å². The maximum Gasteiger partial charge on any atom is 0.416 e. The number of hydrogen-bond acceptors (Lipinski definition) is 3. The summed E-state index contributed by atoms with van der Waals surface area (Å²) in [7, 11) is -4.47. The molecule has 0 spiro atoms. The summed E-state index contributed by atoms with van der Waals surface area (Å²) in [6.07, 6.45) is -4.72. The average molecular weight is 397 g/mol. The highest BCUT2D eigenvalue weighted by Crippen LogP contribution is 2.34. The van der Waals surface area contributed by atoms with Crippen LogP contribution in [0.1, 0.15) is 27.3 Å². The minimum Gasteiger partial charge on any atom is -0.478 e. The van der Waals surface area contributed by atoms with E-state index in [0.29, 0.717) is 12.1 Å². The van der Waals surface area contributed by atoms with E-state index in [1.165, 1.54) is 13.8 Å². The van der Waals surface area contributed by atoms with E-state index < -0.39 is 43.9 Å². The van der Waals surface area contributed by atoms with E-state index in [4.69, 9.17) is 11.6 Å². The number of aryl methyl sites for hydroxylation is 2. The van der Waals surface area contributed by atoms with Crippen LogP contribution in [0.3, 0.4) is 0 Å². The third-order valence-corrected chi connectivity index (χ3v) is 5.05. The largest absolute Gasteiger partial charge is 0.478 e. The van der Waals surface area contributed by atoms with E-state index in [1.807, 2.05) is 4.72 Å². The van der Waals surface area contributed by atoms with Gasteiger partial charge in [-0.05, 0) is 32.0 Å². The van der Waals surface area contributed by atoms with Gasteiger partial charge in [-0.1, -0.05) is 11.6 Å². The van der Waals surface area contributed by atoms with Crippen LogP contribution in [-0.2, 0) is 16.2 Å². The van der Waals surface area contributed by atoms with Crippen molar-refractivity contribution in [1.29, 1.82) is 0 Å². The minimum absolute atomic E-state index is 0.0421. The van der Waals surface area contributed by atoms with Crippen LogP contribution in [0.15, 0.2) is 23.1 Å². The number of alkyl halides is 3. The number of rotatable bonds is 4. The topological polar surface area (TPSA) is 99.3 Å². The molecule has 0 radical (unpaired) electrons. The molecule has 0 saturated heterocycles. The van der Waals surface area contributed by atoms with Crippen molar-refractivity contribution in [3.05, 3.63) is 45.7 Å². The Morgan fingerprint density at radius 3 is 2.32 bits per heavy atom. The Hall–Kier alpha value is -2.20. The van der Waals surface area contributed by atoms with E-state index in [1.54, 1.807) is 0 Å². The van der Waals surface area contributed by atoms with E-state index in [0.717, 1.165) is 6.07 Å². The molecule has 11 heteroatoms. The Morgan fingerprint density at radius 2 is 1.80 bits per heavy atom. The summed E-state index contributed by atoms with van der Waals surface area (Å²) in [6.45, 7) is 2.71. The molecule has 1 aromatic heterocycles. The van der Waals surface area contributed by atoms with Gasteiger partial charge >= 0.3 is 12.1 Å². The third-order valence-electron chi connectivity index (χ3n) is 3.28. The van der Waals surface area contributed by atoms with Crippen LogP contribution in [0, 0.1) is 13.8 Å². The van der Waals surface area contributed by atoms with Crippen molar-refractivity contribution in [1.82, 2.24) is 4.98 Å². The molecule has 0 bridgehead atoms. The number of carboxylic acids is 1. The summed E-state index contributed by atoms with van der Waals surface area (Å²) in [4.78, 5) is 13.4. The van der Waals surface area contributed by atoms with Gasteiger partial charge in [-0.2, -0.15) is 13.2 Å². The highest BCUT2D eigenvalue weighted by molar-refractivity contribution is 7.92. The molecule has 0 unspecified atom stereocenters. The first-order chi connectivity index (χ1) is 11.3. The second kappa shape index (κ2) is 6.26. The lowest BCUT2D eigenvalue weighted by Gasteiger charge is -2.12. The van der Waals surface area contributed by atoms with Crippen LogP contribution in [-0.4, -0.2) is 24.5 Å². The Morgan fingerprint density at radius 1 is 1.20 bits per heavy atom. The molecule has 25 heavy (non-hydrogen) atoms. The normalized spacial score (nSPS) is 12.2. The molecule has 0 aliphatic carbocycles. The number of sulfonamides is 1. The number of carbonyl (C=O) groups is 1. The van der Waals surface area contributed by atoms with Gasteiger partial charge in [-0.15, -0.1) is 0 Å². The van der Waals surface area contributed by atoms with Crippen molar-refractivity contribution in [2.24, 2.45) is 0 Å². The number of carboxylic acid groups (broad SMARTS) is 1. The summed E-state index contributed by atoms with van der Waals surface area (Å²) >= 11 is 5.61. The average Bonchev–Trinajstić information content (AvgIpc) is 2.72. The predicted octanol–water partition coefficient (Wildman–Crippen LogP) is 3.80. The molecule has 2 rings (SSSR count). The molecular weight excluding hydrogens is 385 g/mol. The Balaban J connectivity index is 2.55. The lowest BCUT2D eigenvalue weighted by Crippen LogP contribution is -2.17. The molecule has 0 atom stereocenters. The minimum atomic E-state index is -4.72. The first-order valence-electron chi connectivity index (χ1n) is 6.66. The maximum absolute atomic E-state index is 12.8. The number of benzene rings is 1. The van der Waals surface area contributed by atoms with Gasteiger partial charge in [0.05, 0.1) is 11.3 Å². The van der Waals surface area contributed by atoms with Gasteiger partial charge in [0.2, 0.25) is 0 Å². The number of aromatic carboxylic acids is 1. The molecule has 0 amide bonds. The number of nitrogens with one attached hydrogen (secondary N) is 2. The fraction of sp³-hybridized carbons (Fsp3) is 0.214. The molecule has 0 aliphatic rings. The molecule has 0 aliphatic heterocycles. The molecule has 136 valence electrons. The van der Waals surface area contributed by atoms with Gasteiger partial charge in [-0.25, -0.2) is 13.2 Å². The highest BCUT2D eigenvalue weighted by atomic mass is 35.5. The second-order valence-corrected chi connectivity index (χ2v) is 7.27. The summed E-state index contributed by atoms with van der Waals surface area (Å²) in [5.41, 5.74) is -1.91.